The zero-order valence-electron chi connectivity index (χ0n) is 10.3. The summed E-state index contributed by atoms with van der Waals surface area (Å²) < 4.78 is 0. The summed E-state index contributed by atoms with van der Waals surface area (Å²) in [5.41, 5.74) is 3.76. The van der Waals surface area contributed by atoms with Gasteiger partial charge in [0.15, 0.2) is 5.82 Å². The first kappa shape index (κ1) is 11.2. The van der Waals surface area contributed by atoms with Crippen molar-refractivity contribution in [3.63, 3.8) is 0 Å². The van der Waals surface area contributed by atoms with Crippen molar-refractivity contribution in [1.29, 1.82) is 0 Å². The predicted molar refractivity (Wildman–Crippen MR) is 68.1 cm³/mol. The molecule has 4 heteroatoms. The number of pyridine rings is 1. The third-order valence-electron chi connectivity index (χ3n) is 3.11. The normalized spacial score (nSPS) is 14.6. The summed E-state index contributed by atoms with van der Waals surface area (Å²) in [6, 6.07) is 0. The Kier molecular flexibility index (Phi) is 3.29. The Morgan fingerprint density at radius 2 is 2.31 bits per heavy atom. The van der Waals surface area contributed by atoms with Crippen molar-refractivity contribution in [3.8, 4) is 0 Å². The second-order valence-electron chi connectivity index (χ2n) is 4.22. The number of aromatic nitrogens is 1. The van der Waals surface area contributed by atoms with Crippen LogP contribution in [-0.4, -0.2) is 31.3 Å². The number of nitrogens with one attached hydrogen (secondary N) is 2. The quantitative estimate of drug-likeness (QED) is 0.810. The van der Waals surface area contributed by atoms with Crippen molar-refractivity contribution >= 4 is 11.5 Å². The first-order chi connectivity index (χ1) is 7.74. The lowest BCUT2D eigenvalue weighted by Crippen LogP contribution is -2.41. The number of fused-ring (bicyclic) bond motifs is 1. The smallest absolute Gasteiger partial charge is 0.153 e. The van der Waals surface area contributed by atoms with Crippen molar-refractivity contribution < 1.29 is 0 Å². The minimum atomic E-state index is 0.876. The van der Waals surface area contributed by atoms with E-state index in [-0.39, 0.29) is 0 Å². The largest absolute Gasteiger partial charge is 0.380 e. The zero-order valence-corrected chi connectivity index (χ0v) is 10.3. The SMILES string of the molecule is CCNCN1CCNc2c1ncc(C)c2C. The van der Waals surface area contributed by atoms with Crippen molar-refractivity contribution in [1.82, 2.24) is 10.3 Å². The number of hydrogen-bond acceptors (Lipinski definition) is 4. The van der Waals surface area contributed by atoms with E-state index in [9.17, 15) is 0 Å². The summed E-state index contributed by atoms with van der Waals surface area (Å²) in [6.45, 7) is 10.2. The molecule has 0 unspecified atom stereocenters. The first-order valence-electron chi connectivity index (χ1n) is 5.89. The van der Waals surface area contributed by atoms with Gasteiger partial charge in [-0.15, -0.1) is 0 Å². The van der Waals surface area contributed by atoms with E-state index in [1.54, 1.807) is 0 Å². The van der Waals surface area contributed by atoms with E-state index in [1.807, 2.05) is 6.20 Å². The molecule has 1 aliphatic heterocycles. The van der Waals surface area contributed by atoms with Crippen molar-refractivity contribution in [3.05, 3.63) is 17.3 Å². The maximum Gasteiger partial charge on any atom is 0.153 e. The molecule has 1 aliphatic rings. The van der Waals surface area contributed by atoms with Gasteiger partial charge >= 0.3 is 0 Å². The number of hydrogen-bond donors (Lipinski definition) is 2. The molecule has 0 aromatic carbocycles. The van der Waals surface area contributed by atoms with Crippen LogP contribution in [0.3, 0.4) is 0 Å². The molecule has 4 nitrogen and oxygen atoms in total. The minimum Gasteiger partial charge on any atom is -0.380 e. The molecule has 2 heterocycles. The molecule has 0 spiro atoms. The van der Waals surface area contributed by atoms with Crippen molar-refractivity contribution in [2.75, 3.05) is 36.5 Å². The molecule has 0 bridgehead atoms. The van der Waals surface area contributed by atoms with E-state index in [0.717, 1.165) is 32.1 Å². The highest BCUT2D eigenvalue weighted by molar-refractivity contribution is 5.72. The molecule has 1 aromatic rings. The van der Waals surface area contributed by atoms with Gasteiger partial charge in [-0.25, -0.2) is 4.98 Å². The fraction of sp³-hybridized carbons (Fsp3) is 0.583. The fourth-order valence-electron chi connectivity index (χ4n) is 1.96. The van der Waals surface area contributed by atoms with Gasteiger partial charge in [-0.2, -0.15) is 0 Å². The highest BCUT2D eigenvalue weighted by Gasteiger charge is 2.19. The van der Waals surface area contributed by atoms with E-state index in [4.69, 9.17) is 0 Å². The Morgan fingerprint density at radius 1 is 1.50 bits per heavy atom. The lowest BCUT2D eigenvalue weighted by molar-refractivity contribution is 0.658. The molecule has 88 valence electrons. The highest BCUT2D eigenvalue weighted by atomic mass is 15.3. The van der Waals surface area contributed by atoms with Gasteiger partial charge < -0.3 is 15.5 Å². The van der Waals surface area contributed by atoms with E-state index < -0.39 is 0 Å². The zero-order chi connectivity index (χ0) is 11.5. The van der Waals surface area contributed by atoms with Crippen LogP contribution in [0.1, 0.15) is 18.1 Å². The van der Waals surface area contributed by atoms with Gasteiger partial charge in [-0.05, 0) is 31.5 Å². The van der Waals surface area contributed by atoms with Crippen molar-refractivity contribution in [2.45, 2.75) is 20.8 Å². The Balaban J connectivity index is 2.28. The van der Waals surface area contributed by atoms with Gasteiger partial charge in [0.05, 0.1) is 12.4 Å². The second-order valence-corrected chi connectivity index (χ2v) is 4.22. The Morgan fingerprint density at radius 3 is 3.06 bits per heavy atom. The monoisotopic (exact) mass is 220 g/mol. The maximum atomic E-state index is 4.54. The minimum absolute atomic E-state index is 0.876. The van der Waals surface area contributed by atoms with Crippen LogP contribution in [0.25, 0.3) is 0 Å². The Hall–Kier alpha value is -1.29. The van der Waals surface area contributed by atoms with Crippen LogP contribution < -0.4 is 15.5 Å². The first-order valence-corrected chi connectivity index (χ1v) is 5.89. The molecule has 0 aliphatic carbocycles. The number of rotatable bonds is 3. The molecule has 2 rings (SSSR count). The van der Waals surface area contributed by atoms with Crippen LogP contribution in [0, 0.1) is 13.8 Å². The molecule has 1 aromatic heterocycles. The molecular formula is C12H20N4. The van der Waals surface area contributed by atoms with Gasteiger partial charge in [0.25, 0.3) is 0 Å². The molecule has 0 amide bonds. The highest BCUT2D eigenvalue weighted by Crippen LogP contribution is 2.30. The van der Waals surface area contributed by atoms with Crippen LogP contribution in [0.15, 0.2) is 6.20 Å². The third-order valence-corrected chi connectivity index (χ3v) is 3.11. The Labute approximate surface area is 97.1 Å². The van der Waals surface area contributed by atoms with Crippen LogP contribution in [0.4, 0.5) is 11.5 Å². The summed E-state index contributed by atoms with van der Waals surface area (Å²) >= 11 is 0. The lowest BCUT2D eigenvalue weighted by atomic mass is 10.1. The van der Waals surface area contributed by atoms with Crippen LogP contribution >= 0.6 is 0 Å². The van der Waals surface area contributed by atoms with Gasteiger partial charge in [0.2, 0.25) is 0 Å². The molecule has 0 radical (unpaired) electrons. The molecule has 2 N–H and O–H groups in total. The standard InChI is InChI=1S/C12H20N4/c1-4-13-8-16-6-5-14-11-10(3)9(2)7-15-12(11)16/h7,13-14H,4-6,8H2,1-3H3. The third kappa shape index (κ3) is 1.97. The molecular weight excluding hydrogens is 200 g/mol. The summed E-state index contributed by atoms with van der Waals surface area (Å²) in [6.07, 6.45) is 1.96. The fourth-order valence-corrected chi connectivity index (χ4v) is 1.96. The van der Waals surface area contributed by atoms with Crippen LogP contribution in [0.5, 0.6) is 0 Å². The van der Waals surface area contributed by atoms with Gasteiger partial charge in [0.1, 0.15) is 0 Å². The molecule has 0 saturated carbocycles. The van der Waals surface area contributed by atoms with Gasteiger partial charge in [-0.1, -0.05) is 6.92 Å². The molecule has 0 saturated heterocycles. The number of anilines is 2. The van der Waals surface area contributed by atoms with Crippen LogP contribution in [-0.2, 0) is 0 Å². The van der Waals surface area contributed by atoms with Crippen molar-refractivity contribution in [2.24, 2.45) is 0 Å². The predicted octanol–water partition coefficient (Wildman–Crippen LogP) is 1.50. The average molecular weight is 220 g/mol. The molecule has 0 atom stereocenters. The summed E-state index contributed by atoms with van der Waals surface area (Å²) in [4.78, 5) is 6.83. The molecule has 0 fully saturated rings. The van der Waals surface area contributed by atoms with E-state index in [0.29, 0.717) is 0 Å². The second kappa shape index (κ2) is 4.70. The van der Waals surface area contributed by atoms with E-state index >= 15 is 0 Å². The summed E-state index contributed by atoms with van der Waals surface area (Å²) in [5.74, 6) is 1.08. The average Bonchev–Trinajstić information content (AvgIpc) is 2.31. The lowest BCUT2D eigenvalue weighted by Gasteiger charge is -2.32. The maximum absolute atomic E-state index is 4.54. The topological polar surface area (TPSA) is 40.2 Å². The summed E-state index contributed by atoms with van der Waals surface area (Å²) in [5, 5.41) is 6.80. The number of nitrogens with zero attached hydrogens (tertiary/aromatic N) is 2. The van der Waals surface area contributed by atoms with E-state index in [2.05, 4.69) is 41.3 Å². The summed E-state index contributed by atoms with van der Waals surface area (Å²) in [7, 11) is 0. The number of aryl methyl sites for hydroxylation is 1. The Bertz CT molecular complexity index is 376. The molecule has 16 heavy (non-hydrogen) atoms. The van der Waals surface area contributed by atoms with Gasteiger partial charge in [0, 0.05) is 19.3 Å². The van der Waals surface area contributed by atoms with Gasteiger partial charge in [-0.3, -0.25) is 0 Å². The van der Waals surface area contributed by atoms with Crippen LogP contribution in [0.2, 0.25) is 0 Å². The van der Waals surface area contributed by atoms with E-state index in [1.165, 1.54) is 16.8 Å².